The molecular weight excluding hydrogens is 688 g/mol. The van der Waals surface area contributed by atoms with Gasteiger partial charge < -0.3 is 44.8 Å². The first-order chi connectivity index (χ1) is 25.2. The Labute approximate surface area is 318 Å². The highest BCUT2D eigenvalue weighted by atomic mass is 16.6. The normalized spacial score (nSPS) is 16.1. The maximum absolute atomic E-state index is 13.0. The molecule has 6 N–H and O–H groups in total. The van der Waals surface area contributed by atoms with E-state index < -0.39 is 79.1 Å². The van der Waals surface area contributed by atoms with Crippen LogP contribution >= 0.6 is 0 Å². The zero-order chi connectivity index (χ0) is 40.0. The molecule has 0 unspecified atom stereocenters. The number of carboxylic acid groups (broad SMARTS) is 1. The molecule has 0 rings (SSSR count). The van der Waals surface area contributed by atoms with Crippen molar-refractivity contribution in [2.45, 2.75) is 231 Å². The Morgan fingerprint density at radius 1 is 0.396 bits per heavy atom. The van der Waals surface area contributed by atoms with Crippen LogP contribution in [0.3, 0.4) is 0 Å². The average Bonchev–Trinajstić information content (AvgIpc) is 3.04. The Bertz CT molecular complexity index is 961. The first-order valence-corrected chi connectivity index (χ1v) is 20.4. The highest BCUT2D eigenvalue weighted by Gasteiger charge is 2.27. The maximum atomic E-state index is 13.0. The number of carbonyl (C=O) groups is 4. The summed E-state index contributed by atoms with van der Waals surface area (Å²) in [6, 6.07) is 0. The van der Waals surface area contributed by atoms with E-state index in [4.69, 9.17) is 19.3 Å². The van der Waals surface area contributed by atoms with E-state index in [-0.39, 0.29) is 44.9 Å². The molecule has 0 fully saturated rings. The van der Waals surface area contributed by atoms with Crippen molar-refractivity contribution >= 4 is 23.9 Å². The topological polar surface area (TPSA) is 217 Å². The minimum atomic E-state index is -1.19. The molecule has 0 aliphatic carbocycles. The van der Waals surface area contributed by atoms with Crippen molar-refractivity contribution in [3.63, 3.8) is 0 Å². The number of aliphatic hydroxyl groups is 5. The van der Waals surface area contributed by atoms with Crippen LogP contribution < -0.4 is 0 Å². The molecule has 312 valence electrons. The van der Waals surface area contributed by atoms with Crippen molar-refractivity contribution in [3.05, 3.63) is 0 Å². The summed E-state index contributed by atoms with van der Waals surface area (Å²) in [5, 5.41) is 61.2. The zero-order valence-electron chi connectivity index (χ0n) is 33.1. The van der Waals surface area contributed by atoms with Crippen LogP contribution in [-0.4, -0.2) is 103 Å². The van der Waals surface area contributed by atoms with Gasteiger partial charge in [-0.15, -0.1) is 0 Å². The van der Waals surface area contributed by atoms with Crippen LogP contribution in [0.2, 0.25) is 0 Å². The molecule has 0 amide bonds. The summed E-state index contributed by atoms with van der Waals surface area (Å²) < 4.78 is 16.8. The van der Waals surface area contributed by atoms with Gasteiger partial charge in [0.1, 0.15) is 18.3 Å². The molecule has 0 radical (unpaired) electrons. The third-order valence-corrected chi connectivity index (χ3v) is 9.19. The van der Waals surface area contributed by atoms with Gasteiger partial charge in [-0.05, 0) is 51.4 Å². The number of hydrogen-bond acceptors (Lipinski definition) is 12. The van der Waals surface area contributed by atoms with Crippen molar-refractivity contribution in [2.75, 3.05) is 0 Å². The van der Waals surface area contributed by atoms with Crippen LogP contribution in [0.15, 0.2) is 0 Å². The summed E-state index contributed by atoms with van der Waals surface area (Å²) in [6.45, 7) is 8.13. The third-order valence-electron chi connectivity index (χ3n) is 9.19. The first-order valence-electron chi connectivity index (χ1n) is 20.4. The van der Waals surface area contributed by atoms with Crippen LogP contribution in [0.25, 0.3) is 0 Å². The second-order valence-electron chi connectivity index (χ2n) is 14.7. The molecule has 0 aromatic heterocycles. The van der Waals surface area contributed by atoms with Gasteiger partial charge in [0.05, 0.1) is 56.2 Å². The van der Waals surface area contributed by atoms with Gasteiger partial charge in [0.2, 0.25) is 0 Å². The number of aliphatic hydroxyl groups excluding tert-OH is 5. The lowest BCUT2D eigenvalue weighted by Crippen LogP contribution is -2.31. The zero-order valence-corrected chi connectivity index (χ0v) is 33.1. The molecule has 0 aliphatic rings. The number of unbranched alkanes of at least 4 members (excludes halogenated alkanes) is 8. The predicted molar refractivity (Wildman–Crippen MR) is 201 cm³/mol. The van der Waals surface area contributed by atoms with E-state index in [9.17, 15) is 44.7 Å². The second-order valence-corrected chi connectivity index (χ2v) is 14.7. The van der Waals surface area contributed by atoms with Crippen LogP contribution in [0.5, 0.6) is 0 Å². The first kappa shape index (κ1) is 50.7. The van der Waals surface area contributed by atoms with Gasteiger partial charge in [-0.1, -0.05) is 85.5 Å². The number of rotatable bonds is 35. The van der Waals surface area contributed by atoms with Crippen molar-refractivity contribution < 1.29 is 64.0 Å². The number of hydrogen-bond donors (Lipinski definition) is 6. The smallest absolute Gasteiger partial charge is 0.308 e. The lowest BCUT2D eigenvalue weighted by Gasteiger charge is -2.24. The SMILES string of the molecule is CCCCC[C@@H](O)C[C@@H](O)CC(=O)O[C@H](CCCCC)C[C@@H](O)CC(=O)O[C@H](CCCCC)C[C@@H](O)CC(=O)O[C@H](CCCCC)C[C@@H](O)CC(=O)O. The molecule has 0 aromatic carbocycles. The van der Waals surface area contributed by atoms with Gasteiger partial charge in [0.15, 0.2) is 0 Å². The highest BCUT2D eigenvalue weighted by Crippen LogP contribution is 2.21. The van der Waals surface area contributed by atoms with E-state index in [1.54, 1.807) is 0 Å². The molecule has 0 saturated heterocycles. The number of esters is 3. The minimum Gasteiger partial charge on any atom is -0.481 e. The van der Waals surface area contributed by atoms with Crippen molar-refractivity contribution in [2.24, 2.45) is 0 Å². The van der Waals surface area contributed by atoms with Gasteiger partial charge in [-0.25, -0.2) is 0 Å². The van der Waals surface area contributed by atoms with Crippen molar-refractivity contribution in [1.82, 2.24) is 0 Å². The van der Waals surface area contributed by atoms with Crippen molar-refractivity contribution in [3.8, 4) is 0 Å². The molecule has 0 bridgehead atoms. The van der Waals surface area contributed by atoms with E-state index in [1.807, 2.05) is 20.8 Å². The van der Waals surface area contributed by atoms with Gasteiger partial charge in [0.25, 0.3) is 0 Å². The summed E-state index contributed by atoms with van der Waals surface area (Å²) in [6.07, 6.45) is 3.46. The quantitative estimate of drug-likeness (QED) is 0.0246. The standard InChI is InChI=1S/C40H74O13/c1-5-9-13-17-29(41)21-30(42)26-38(48)52-35(19-15-11-7-3)23-32(44)28-40(50)53-36(20-16-12-8-4)24-33(45)27-39(49)51-34(18-14-10-6-2)22-31(43)25-37(46)47/h29-36,41-45H,5-28H2,1-4H3,(H,46,47)/t29-,30-,31-,32-,33-,34-,35-,36-/m1/s1. The Kier molecular flexibility index (Phi) is 30.6. The Morgan fingerprint density at radius 3 is 0.981 bits per heavy atom. The lowest BCUT2D eigenvalue weighted by molar-refractivity contribution is -0.156. The predicted octanol–water partition coefficient (Wildman–Crippen LogP) is 6.05. The van der Waals surface area contributed by atoms with E-state index in [1.165, 1.54) is 0 Å². The van der Waals surface area contributed by atoms with Gasteiger partial charge >= 0.3 is 23.9 Å². The number of carboxylic acids is 1. The van der Waals surface area contributed by atoms with Gasteiger partial charge in [0, 0.05) is 19.3 Å². The molecule has 13 nitrogen and oxygen atoms in total. The molecule has 13 heteroatoms. The number of aliphatic carboxylic acids is 1. The van der Waals surface area contributed by atoms with E-state index in [0.29, 0.717) is 32.1 Å². The molecule has 0 spiro atoms. The number of ether oxygens (including phenoxy) is 3. The Morgan fingerprint density at radius 2 is 0.679 bits per heavy atom. The summed E-state index contributed by atoms with van der Waals surface area (Å²) in [4.78, 5) is 49.4. The van der Waals surface area contributed by atoms with E-state index >= 15 is 0 Å². The number of carbonyl (C=O) groups excluding carboxylic acids is 3. The largest absolute Gasteiger partial charge is 0.481 e. The summed E-state index contributed by atoms with van der Waals surface area (Å²) in [5.74, 6) is -3.19. The van der Waals surface area contributed by atoms with Crippen LogP contribution in [-0.2, 0) is 33.4 Å². The average molecular weight is 763 g/mol. The van der Waals surface area contributed by atoms with Gasteiger partial charge in [-0.2, -0.15) is 0 Å². The van der Waals surface area contributed by atoms with Crippen LogP contribution in [0, 0.1) is 0 Å². The molecule has 0 aliphatic heterocycles. The fourth-order valence-corrected chi connectivity index (χ4v) is 6.33. The summed E-state index contributed by atoms with van der Waals surface area (Å²) >= 11 is 0. The van der Waals surface area contributed by atoms with Crippen LogP contribution in [0.1, 0.15) is 182 Å². The second kappa shape index (κ2) is 32.0. The minimum absolute atomic E-state index is 0.00412. The Hall–Kier alpha value is -2.32. The van der Waals surface area contributed by atoms with Crippen molar-refractivity contribution in [1.29, 1.82) is 0 Å². The Balaban J connectivity index is 5.24. The lowest BCUT2D eigenvalue weighted by atomic mass is 10.0. The molecule has 0 heterocycles. The molecule has 8 atom stereocenters. The van der Waals surface area contributed by atoms with Gasteiger partial charge in [-0.3, -0.25) is 19.2 Å². The molecule has 0 saturated carbocycles. The highest BCUT2D eigenvalue weighted by molar-refractivity contribution is 5.71. The maximum Gasteiger partial charge on any atom is 0.308 e. The molecule has 0 aromatic rings. The summed E-state index contributed by atoms with van der Waals surface area (Å²) in [7, 11) is 0. The fraction of sp³-hybridized carbons (Fsp3) is 0.900. The summed E-state index contributed by atoms with van der Waals surface area (Å²) in [5.41, 5.74) is 0. The third kappa shape index (κ3) is 29.7. The monoisotopic (exact) mass is 763 g/mol. The van der Waals surface area contributed by atoms with Crippen LogP contribution in [0.4, 0.5) is 0 Å². The molecular formula is C40H74O13. The van der Waals surface area contributed by atoms with E-state index in [2.05, 4.69) is 6.92 Å². The van der Waals surface area contributed by atoms with E-state index in [0.717, 1.165) is 70.6 Å². The molecule has 53 heavy (non-hydrogen) atoms. The fourth-order valence-electron chi connectivity index (χ4n) is 6.33.